The normalized spacial score (nSPS) is 35.1. The van der Waals surface area contributed by atoms with Crippen LogP contribution in [0, 0.1) is 29.1 Å². The maximum Gasteiger partial charge on any atom is 0.122 e. The molecule has 0 aromatic heterocycles. The molecule has 3 atom stereocenters. The Morgan fingerprint density at radius 2 is 1.89 bits per heavy atom. The minimum atomic E-state index is -0.257. The van der Waals surface area contributed by atoms with Crippen LogP contribution in [-0.2, 0) is 0 Å². The van der Waals surface area contributed by atoms with Gasteiger partial charge in [0.25, 0.3) is 0 Å². The number of likely N-dealkylation sites (N-methyl/N-ethyl adjacent to an activating group) is 1. The summed E-state index contributed by atoms with van der Waals surface area (Å²) in [6.45, 7) is 6.46. The number of hydrogen-bond donors (Lipinski definition) is 1. The van der Waals surface area contributed by atoms with Crippen molar-refractivity contribution < 1.29 is 0 Å². The average Bonchev–Trinajstić information content (AvgIpc) is 3.02. The molecular weight excluding hydrogens is 222 g/mol. The van der Waals surface area contributed by atoms with Crippen molar-refractivity contribution in [2.45, 2.75) is 44.6 Å². The standard InChI is InChI=1S/C15H25N3/c1-2-17-15(10-16,14-6-7-14)11-18-8-12-4-3-5-13(12)9-18/h12-14,17H,2-9,11H2,1H3. The van der Waals surface area contributed by atoms with Crippen molar-refractivity contribution in [1.82, 2.24) is 10.2 Å². The summed E-state index contributed by atoms with van der Waals surface area (Å²) in [7, 11) is 0. The summed E-state index contributed by atoms with van der Waals surface area (Å²) in [6, 6.07) is 2.62. The lowest BCUT2D eigenvalue weighted by atomic mass is 9.94. The Morgan fingerprint density at radius 1 is 1.22 bits per heavy atom. The Labute approximate surface area is 111 Å². The number of rotatable bonds is 5. The predicted molar refractivity (Wildman–Crippen MR) is 72.0 cm³/mol. The molecule has 3 unspecified atom stereocenters. The molecular formula is C15H25N3. The van der Waals surface area contributed by atoms with Crippen molar-refractivity contribution in [2.24, 2.45) is 17.8 Å². The lowest BCUT2D eigenvalue weighted by molar-refractivity contribution is 0.218. The average molecular weight is 247 g/mol. The van der Waals surface area contributed by atoms with E-state index in [-0.39, 0.29) is 5.54 Å². The first-order valence-corrected chi connectivity index (χ1v) is 7.66. The fraction of sp³-hybridized carbons (Fsp3) is 0.933. The van der Waals surface area contributed by atoms with Crippen LogP contribution in [0.2, 0.25) is 0 Å². The van der Waals surface area contributed by atoms with Crippen molar-refractivity contribution >= 4 is 0 Å². The van der Waals surface area contributed by atoms with Crippen LogP contribution in [0.4, 0.5) is 0 Å². The molecule has 3 rings (SSSR count). The SMILES string of the molecule is CCNC(C#N)(CN1CC2CCCC2C1)C1CC1. The van der Waals surface area contributed by atoms with Gasteiger partial charge in [-0.3, -0.25) is 10.2 Å². The molecule has 3 aliphatic rings. The second-order valence-electron chi connectivity index (χ2n) is 6.53. The lowest BCUT2D eigenvalue weighted by Crippen LogP contribution is -2.54. The molecule has 100 valence electrons. The van der Waals surface area contributed by atoms with E-state index in [1.165, 1.54) is 45.2 Å². The highest BCUT2D eigenvalue weighted by molar-refractivity contribution is 5.17. The minimum Gasteiger partial charge on any atom is -0.300 e. The van der Waals surface area contributed by atoms with Gasteiger partial charge in [-0.15, -0.1) is 0 Å². The highest BCUT2D eigenvalue weighted by Crippen LogP contribution is 2.42. The Kier molecular flexibility index (Phi) is 3.34. The number of nitrogens with one attached hydrogen (secondary N) is 1. The molecule has 3 fully saturated rings. The van der Waals surface area contributed by atoms with Gasteiger partial charge in [0.05, 0.1) is 6.07 Å². The molecule has 2 aliphatic carbocycles. The minimum absolute atomic E-state index is 0.257. The predicted octanol–water partition coefficient (Wildman–Crippen LogP) is 2.00. The molecule has 0 spiro atoms. The van der Waals surface area contributed by atoms with Crippen LogP contribution in [-0.4, -0.2) is 36.6 Å². The summed E-state index contributed by atoms with van der Waals surface area (Å²) < 4.78 is 0. The zero-order chi connectivity index (χ0) is 12.6. The quantitative estimate of drug-likeness (QED) is 0.807. The second-order valence-corrected chi connectivity index (χ2v) is 6.53. The molecule has 1 heterocycles. The third-order valence-corrected chi connectivity index (χ3v) is 5.24. The van der Waals surface area contributed by atoms with Crippen LogP contribution >= 0.6 is 0 Å². The number of nitrogens with zero attached hydrogens (tertiary/aromatic N) is 2. The molecule has 1 aliphatic heterocycles. The first kappa shape index (κ1) is 12.4. The topological polar surface area (TPSA) is 39.1 Å². The summed E-state index contributed by atoms with van der Waals surface area (Å²) in [4.78, 5) is 2.57. The first-order chi connectivity index (χ1) is 8.77. The molecule has 3 heteroatoms. The van der Waals surface area contributed by atoms with E-state index in [1.54, 1.807) is 0 Å². The van der Waals surface area contributed by atoms with E-state index in [2.05, 4.69) is 23.2 Å². The molecule has 0 radical (unpaired) electrons. The number of fused-ring (bicyclic) bond motifs is 1. The Hall–Kier alpha value is -0.590. The molecule has 2 saturated carbocycles. The van der Waals surface area contributed by atoms with Crippen LogP contribution in [0.15, 0.2) is 0 Å². The van der Waals surface area contributed by atoms with E-state index in [1.807, 2.05) is 0 Å². The Morgan fingerprint density at radius 3 is 2.39 bits per heavy atom. The molecule has 0 aromatic rings. The van der Waals surface area contributed by atoms with E-state index in [0.29, 0.717) is 5.92 Å². The maximum atomic E-state index is 9.64. The lowest BCUT2D eigenvalue weighted by Gasteiger charge is -2.32. The van der Waals surface area contributed by atoms with Crippen molar-refractivity contribution in [3.63, 3.8) is 0 Å². The highest BCUT2D eigenvalue weighted by atomic mass is 15.2. The van der Waals surface area contributed by atoms with Gasteiger partial charge in [-0.1, -0.05) is 13.3 Å². The molecule has 18 heavy (non-hydrogen) atoms. The number of likely N-dealkylation sites (tertiary alicyclic amines) is 1. The smallest absolute Gasteiger partial charge is 0.122 e. The van der Waals surface area contributed by atoms with E-state index in [4.69, 9.17) is 0 Å². The third-order valence-electron chi connectivity index (χ3n) is 5.24. The first-order valence-electron chi connectivity index (χ1n) is 7.66. The fourth-order valence-electron chi connectivity index (χ4n) is 4.20. The Bertz CT molecular complexity index is 332. The van der Waals surface area contributed by atoms with E-state index < -0.39 is 0 Å². The van der Waals surface area contributed by atoms with Gasteiger partial charge in [-0.25, -0.2) is 0 Å². The van der Waals surface area contributed by atoms with Crippen molar-refractivity contribution in [2.75, 3.05) is 26.2 Å². The molecule has 0 bridgehead atoms. The van der Waals surface area contributed by atoms with Gasteiger partial charge in [0.1, 0.15) is 5.54 Å². The fourth-order valence-corrected chi connectivity index (χ4v) is 4.20. The molecule has 1 N–H and O–H groups in total. The van der Waals surface area contributed by atoms with Gasteiger partial charge in [0, 0.05) is 19.6 Å². The van der Waals surface area contributed by atoms with Gasteiger partial charge >= 0.3 is 0 Å². The summed E-state index contributed by atoms with van der Waals surface area (Å²) in [5.41, 5.74) is -0.257. The van der Waals surface area contributed by atoms with Crippen molar-refractivity contribution in [3.8, 4) is 6.07 Å². The van der Waals surface area contributed by atoms with Gasteiger partial charge in [-0.2, -0.15) is 5.26 Å². The van der Waals surface area contributed by atoms with Gasteiger partial charge in [0.15, 0.2) is 0 Å². The summed E-state index contributed by atoms with van der Waals surface area (Å²) in [6.07, 6.45) is 6.75. The maximum absolute atomic E-state index is 9.64. The van der Waals surface area contributed by atoms with Gasteiger partial charge < -0.3 is 0 Å². The summed E-state index contributed by atoms with van der Waals surface area (Å²) in [5, 5.41) is 13.1. The molecule has 0 aromatic carbocycles. The monoisotopic (exact) mass is 247 g/mol. The van der Waals surface area contributed by atoms with E-state index in [9.17, 15) is 5.26 Å². The van der Waals surface area contributed by atoms with Crippen LogP contribution < -0.4 is 5.32 Å². The Balaban J connectivity index is 1.64. The van der Waals surface area contributed by atoms with Crippen molar-refractivity contribution in [1.29, 1.82) is 5.26 Å². The third kappa shape index (κ3) is 2.17. The molecule has 0 amide bonds. The largest absolute Gasteiger partial charge is 0.300 e. The van der Waals surface area contributed by atoms with Crippen LogP contribution in [0.25, 0.3) is 0 Å². The van der Waals surface area contributed by atoms with Gasteiger partial charge in [-0.05, 0) is 50.0 Å². The number of hydrogen-bond acceptors (Lipinski definition) is 3. The van der Waals surface area contributed by atoms with Crippen LogP contribution in [0.5, 0.6) is 0 Å². The molecule has 3 nitrogen and oxygen atoms in total. The van der Waals surface area contributed by atoms with E-state index in [0.717, 1.165) is 24.9 Å². The molecule has 1 saturated heterocycles. The van der Waals surface area contributed by atoms with Crippen LogP contribution in [0.3, 0.4) is 0 Å². The van der Waals surface area contributed by atoms with E-state index >= 15 is 0 Å². The van der Waals surface area contributed by atoms with Gasteiger partial charge in [0.2, 0.25) is 0 Å². The zero-order valence-corrected chi connectivity index (χ0v) is 11.5. The summed E-state index contributed by atoms with van der Waals surface area (Å²) >= 11 is 0. The summed E-state index contributed by atoms with van der Waals surface area (Å²) in [5.74, 6) is 2.47. The highest BCUT2D eigenvalue weighted by Gasteiger charge is 2.48. The zero-order valence-electron chi connectivity index (χ0n) is 11.5. The van der Waals surface area contributed by atoms with Crippen molar-refractivity contribution in [3.05, 3.63) is 0 Å². The van der Waals surface area contributed by atoms with Crippen LogP contribution in [0.1, 0.15) is 39.0 Å². The number of nitriles is 1. The second kappa shape index (κ2) is 4.83.